The zero-order valence-electron chi connectivity index (χ0n) is 30.4. The Hall–Kier alpha value is -4.64. The number of allylic oxidation sites excluding steroid dienone is 2. The predicted octanol–water partition coefficient (Wildman–Crippen LogP) is 11.8. The van der Waals surface area contributed by atoms with Gasteiger partial charge < -0.3 is 4.74 Å². The predicted molar refractivity (Wildman–Crippen MR) is 204 cm³/mol. The highest BCUT2D eigenvalue weighted by Gasteiger charge is 2.31. The van der Waals surface area contributed by atoms with Crippen LogP contribution in [0.1, 0.15) is 101 Å². The highest BCUT2D eigenvalue weighted by atomic mass is 16.5. The van der Waals surface area contributed by atoms with E-state index in [-0.39, 0.29) is 0 Å². The minimum Gasteiger partial charge on any atom is -0.457 e. The quantitative estimate of drug-likeness (QED) is 0.146. The molecule has 0 amide bonds. The highest BCUT2D eigenvalue weighted by molar-refractivity contribution is 6.09. The summed E-state index contributed by atoms with van der Waals surface area (Å²) in [6, 6.07) is 26.0. The molecular weight excluding hydrogens is 601 g/mol. The van der Waals surface area contributed by atoms with Gasteiger partial charge in [-0.2, -0.15) is 5.10 Å². The van der Waals surface area contributed by atoms with E-state index in [1.165, 1.54) is 51.6 Å². The maximum Gasteiger partial charge on any atom is 0.137 e. The standard InChI is InChI=1S/C44H50N4O/c1-9-32-19-20-45-42(22-32)47-39-16-11-10-15-37(39)38-18-17-35(26-40(38)47)49-36-24-33(28(4)5)23-34(25-36)48-41(21-27(2)3)44(31(8)46-48)43-29(6)13-12-14-30(43)7/h10-11,13,15-20,22-28,30,43H,9,12,14,21H2,1-8H3/t30?,43-/m0/s1. The van der Waals surface area contributed by atoms with Gasteiger partial charge in [-0.1, -0.05) is 71.4 Å². The summed E-state index contributed by atoms with van der Waals surface area (Å²) in [5.41, 5.74) is 11.1. The number of benzene rings is 3. The van der Waals surface area contributed by atoms with Gasteiger partial charge in [-0.25, -0.2) is 9.67 Å². The van der Waals surface area contributed by atoms with E-state index in [0.717, 1.165) is 52.6 Å². The van der Waals surface area contributed by atoms with Crippen molar-refractivity contribution in [2.24, 2.45) is 11.8 Å². The molecule has 2 atom stereocenters. The van der Waals surface area contributed by atoms with Gasteiger partial charge in [-0.15, -0.1) is 0 Å². The van der Waals surface area contributed by atoms with Crippen LogP contribution in [-0.2, 0) is 12.8 Å². The molecule has 0 saturated carbocycles. The number of fused-ring (bicyclic) bond motifs is 3. The molecule has 6 aromatic rings. The number of aromatic nitrogens is 4. The van der Waals surface area contributed by atoms with E-state index in [4.69, 9.17) is 14.8 Å². The Morgan fingerprint density at radius 3 is 2.43 bits per heavy atom. The SMILES string of the molecule is CCc1ccnc(-n2c3ccccc3c3ccc(Oc4cc(C(C)C)cc(-n5nc(C)c([C@H]6C(C)=CCCC6C)c5CC(C)C)c4)cc32)c1. The summed E-state index contributed by atoms with van der Waals surface area (Å²) in [4.78, 5) is 4.81. The second kappa shape index (κ2) is 13.3. The van der Waals surface area contributed by atoms with Crippen LogP contribution in [0.4, 0.5) is 0 Å². The molecule has 0 N–H and O–H groups in total. The molecule has 7 rings (SSSR count). The van der Waals surface area contributed by atoms with E-state index in [2.05, 4.69) is 144 Å². The summed E-state index contributed by atoms with van der Waals surface area (Å²) in [6.07, 6.45) is 8.68. The lowest BCUT2D eigenvalue weighted by Crippen LogP contribution is -2.18. The van der Waals surface area contributed by atoms with Gasteiger partial charge in [-0.3, -0.25) is 4.57 Å². The Morgan fingerprint density at radius 1 is 0.878 bits per heavy atom. The fraction of sp³-hybridized carbons (Fsp3) is 0.364. The molecule has 3 aromatic carbocycles. The maximum absolute atomic E-state index is 6.80. The first-order valence-corrected chi connectivity index (χ1v) is 18.2. The topological polar surface area (TPSA) is 44.9 Å². The van der Waals surface area contributed by atoms with E-state index >= 15 is 0 Å². The normalized spacial score (nSPS) is 16.7. The third kappa shape index (κ3) is 6.20. The summed E-state index contributed by atoms with van der Waals surface area (Å²) < 4.78 is 11.3. The molecular formula is C44H50N4O. The number of para-hydroxylation sites is 1. The van der Waals surface area contributed by atoms with Crippen molar-refractivity contribution in [2.75, 3.05) is 0 Å². The molecule has 5 nitrogen and oxygen atoms in total. The van der Waals surface area contributed by atoms with Crippen LogP contribution >= 0.6 is 0 Å². The second-order valence-corrected chi connectivity index (χ2v) is 14.9. The fourth-order valence-electron chi connectivity index (χ4n) is 7.94. The Labute approximate surface area is 291 Å². The summed E-state index contributed by atoms with van der Waals surface area (Å²) in [5, 5.41) is 7.66. The van der Waals surface area contributed by atoms with Crippen LogP contribution in [0.3, 0.4) is 0 Å². The Morgan fingerprint density at radius 2 is 1.67 bits per heavy atom. The molecule has 1 unspecified atom stereocenters. The van der Waals surface area contributed by atoms with Crippen molar-refractivity contribution in [3.8, 4) is 23.0 Å². The summed E-state index contributed by atoms with van der Waals surface area (Å²) in [5.74, 6) is 4.38. The van der Waals surface area contributed by atoms with Crippen LogP contribution in [0.5, 0.6) is 11.5 Å². The molecule has 0 bridgehead atoms. The van der Waals surface area contributed by atoms with Crippen LogP contribution in [0.25, 0.3) is 33.3 Å². The van der Waals surface area contributed by atoms with Crippen molar-refractivity contribution in [1.29, 1.82) is 0 Å². The molecule has 0 spiro atoms. The molecule has 0 fully saturated rings. The lowest BCUT2D eigenvalue weighted by Gasteiger charge is -2.30. The van der Waals surface area contributed by atoms with Gasteiger partial charge in [0.15, 0.2) is 0 Å². The first-order chi connectivity index (χ1) is 23.6. The molecule has 0 aliphatic heterocycles. The molecule has 0 radical (unpaired) electrons. The minimum atomic E-state index is 0.331. The van der Waals surface area contributed by atoms with Gasteiger partial charge in [0, 0.05) is 46.3 Å². The third-order valence-corrected chi connectivity index (χ3v) is 10.4. The average Bonchev–Trinajstić information content (AvgIpc) is 3.58. The van der Waals surface area contributed by atoms with E-state index in [0.29, 0.717) is 23.7 Å². The van der Waals surface area contributed by atoms with Crippen molar-refractivity contribution in [3.05, 3.63) is 119 Å². The zero-order valence-corrected chi connectivity index (χ0v) is 30.4. The van der Waals surface area contributed by atoms with Crippen molar-refractivity contribution in [1.82, 2.24) is 19.3 Å². The number of aryl methyl sites for hydroxylation is 2. The Balaban J connectivity index is 1.35. The van der Waals surface area contributed by atoms with Gasteiger partial charge >= 0.3 is 0 Å². The molecule has 1 aliphatic carbocycles. The first-order valence-electron chi connectivity index (χ1n) is 18.2. The second-order valence-electron chi connectivity index (χ2n) is 14.9. The number of rotatable bonds is 9. The Bertz CT molecular complexity index is 2180. The number of pyridine rings is 1. The summed E-state index contributed by atoms with van der Waals surface area (Å²) >= 11 is 0. The first kappa shape index (κ1) is 32.9. The maximum atomic E-state index is 6.80. The monoisotopic (exact) mass is 650 g/mol. The van der Waals surface area contributed by atoms with Crippen LogP contribution in [-0.4, -0.2) is 19.3 Å². The fourth-order valence-corrected chi connectivity index (χ4v) is 7.94. The van der Waals surface area contributed by atoms with E-state index in [9.17, 15) is 0 Å². The number of hydrogen-bond donors (Lipinski definition) is 0. The van der Waals surface area contributed by atoms with Crippen molar-refractivity contribution in [2.45, 2.75) is 92.9 Å². The molecule has 252 valence electrons. The molecule has 3 aromatic heterocycles. The van der Waals surface area contributed by atoms with Gasteiger partial charge in [0.2, 0.25) is 0 Å². The Kier molecular flexibility index (Phi) is 8.96. The van der Waals surface area contributed by atoms with E-state index in [1.54, 1.807) is 0 Å². The largest absolute Gasteiger partial charge is 0.457 e. The number of ether oxygens (including phenoxy) is 1. The minimum absolute atomic E-state index is 0.331. The van der Waals surface area contributed by atoms with Crippen molar-refractivity contribution < 1.29 is 4.74 Å². The molecule has 5 heteroatoms. The van der Waals surface area contributed by atoms with Crippen LogP contribution in [0, 0.1) is 18.8 Å². The van der Waals surface area contributed by atoms with Crippen molar-refractivity contribution >= 4 is 21.8 Å². The zero-order chi connectivity index (χ0) is 34.4. The smallest absolute Gasteiger partial charge is 0.137 e. The average molecular weight is 651 g/mol. The van der Waals surface area contributed by atoms with Gasteiger partial charge in [0.1, 0.15) is 17.3 Å². The van der Waals surface area contributed by atoms with Gasteiger partial charge in [-0.05, 0) is 111 Å². The number of hydrogen-bond acceptors (Lipinski definition) is 3. The summed E-state index contributed by atoms with van der Waals surface area (Å²) in [7, 11) is 0. The molecule has 1 aliphatic rings. The lowest BCUT2D eigenvalue weighted by molar-refractivity contribution is 0.444. The lowest BCUT2D eigenvalue weighted by atomic mass is 9.74. The van der Waals surface area contributed by atoms with Gasteiger partial charge in [0.25, 0.3) is 0 Å². The van der Waals surface area contributed by atoms with Crippen molar-refractivity contribution in [3.63, 3.8) is 0 Å². The van der Waals surface area contributed by atoms with Crippen LogP contribution in [0.15, 0.2) is 90.6 Å². The van der Waals surface area contributed by atoms with E-state index in [1.807, 2.05) is 6.20 Å². The highest BCUT2D eigenvalue weighted by Crippen LogP contribution is 2.43. The molecule has 49 heavy (non-hydrogen) atoms. The molecule has 3 heterocycles. The summed E-state index contributed by atoms with van der Waals surface area (Å²) in [6.45, 7) is 18.2. The number of nitrogens with zero attached hydrogens (tertiary/aromatic N) is 4. The van der Waals surface area contributed by atoms with Crippen LogP contribution < -0.4 is 4.74 Å². The van der Waals surface area contributed by atoms with Gasteiger partial charge in [0.05, 0.1) is 22.4 Å². The van der Waals surface area contributed by atoms with Crippen LogP contribution in [0.2, 0.25) is 0 Å². The van der Waals surface area contributed by atoms with E-state index < -0.39 is 0 Å². The molecule has 0 saturated heterocycles. The third-order valence-electron chi connectivity index (χ3n) is 10.4.